The van der Waals surface area contributed by atoms with Crippen LogP contribution in [0.2, 0.25) is 0 Å². The Morgan fingerprint density at radius 2 is 1.83 bits per heavy atom. The summed E-state index contributed by atoms with van der Waals surface area (Å²) in [4.78, 5) is 23.8. The molecule has 1 atom stereocenters. The van der Waals surface area contributed by atoms with Crippen molar-refractivity contribution in [3.8, 4) is 0 Å². The summed E-state index contributed by atoms with van der Waals surface area (Å²) in [6.45, 7) is 1.62. The summed E-state index contributed by atoms with van der Waals surface area (Å²) in [5, 5.41) is 15.1. The molecule has 0 spiro atoms. The van der Waals surface area contributed by atoms with Gasteiger partial charge in [0.15, 0.2) is 0 Å². The van der Waals surface area contributed by atoms with Crippen LogP contribution in [-0.4, -0.2) is 29.6 Å². The highest BCUT2D eigenvalue weighted by Gasteiger charge is 2.14. The van der Waals surface area contributed by atoms with E-state index >= 15 is 0 Å². The molecule has 0 aliphatic rings. The number of aliphatic hydroxyl groups excluding tert-OH is 1. The van der Waals surface area contributed by atoms with Crippen molar-refractivity contribution in [1.29, 1.82) is 0 Å². The van der Waals surface area contributed by atoms with Crippen molar-refractivity contribution in [2.45, 2.75) is 25.8 Å². The number of amides is 2. The molecular weight excluding hydrogens is 304 g/mol. The zero-order valence-corrected chi connectivity index (χ0v) is 13.7. The number of nitrogens with one attached hydrogen (secondary N) is 2. The molecule has 0 aromatic heterocycles. The van der Waals surface area contributed by atoms with Crippen LogP contribution in [-0.2, 0) is 11.2 Å². The first-order valence-electron chi connectivity index (χ1n) is 7.98. The predicted octanol–water partition coefficient (Wildman–Crippen LogP) is 2.37. The van der Waals surface area contributed by atoms with Crippen molar-refractivity contribution in [3.63, 3.8) is 0 Å². The Balaban J connectivity index is 2.02. The lowest BCUT2D eigenvalue weighted by Gasteiger charge is -2.17. The minimum absolute atomic E-state index is 0.107. The highest BCUT2D eigenvalue weighted by Crippen LogP contribution is 2.12. The Bertz CT molecular complexity index is 686. The molecule has 3 N–H and O–H groups in total. The normalized spacial score (nSPS) is 11.6. The zero-order chi connectivity index (χ0) is 17.4. The van der Waals surface area contributed by atoms with E-state index in [1.165, 1.54) is 0 Å². The van der Waals surface area contributed by atoms with Gasteiger partial charge < -0.3 is 15.7 Å². The Kier molecular flexibility index (Phi) is 6.51. The van der Waals surface area contributed by atoms with E-state index < -0.39 is 0 Å². The molecule has 0 aliphatic carbocycles. The van der Waals surface area contributed by atoms with Crippen LogP contribution in [0.4, 0.5) is 5.69 Å². The van der Waals surface area contributed by atoms with E-state index in [2.05, 4.69) is 10.6 Å². The summed E-state index contributed by atoms with van der Waals surface area (Å²) in [6, 6.07) is 16.1. The summed E-state index contributed by atoms with van der Waals surface area (Å²) in [5.41, 5.74) is 2.06. The highest BCUT2D eigenvalue weighted by atomic mass is 16.3. The predicted molar refractivity (Wildman–Crippen MR) is 93.8 cm³/mol. The van der Waals surface area contributed by atoms with Crippen LogP contribution in [0.1, 0.15) is 29.3 Å². The van der Waals surface area contributed by atoms with Gasteiger partial charge in [0.2, 0.25) is 5.91 Å². The Morgan fingerprint density at radius 1 is 1.08 bits per heavy atom. The summed E-state index contributed by atoms with van der Waals surface area (Å²) in [6.07, 6.45) is 0.926. The lowest BCUT2D eigenvalue weighted by molar-refractivity contribution is -0.115. The Hall–Kier alpha value is -2.66. The van der Waals surface area contributed by atoms with E-state index in [1.54, 1.807) is 31.2 Å². The molecule has 0 radical (unpaired) electrons. The molecule has 0 saturated heterocycles. The van der Waals surface area contributed by atoms with E-state index in [4.69, 9.17) is 0 Å². The molecule has 0 bridgehead atoms. The van der Waals surface area contributed by atoms with E-state index in [9.17, 15) is 14.7 Å². The van der Waals surface area contributed by atoms with E-state index in [0.29, 0.717) is 24.1 Å². The summed E-state index contributed by atoms with van der Waals surface area (Å²) in [5.74, 6) is -0.387. The summed E-state index contributed by atoms with van der Waals surface area (Å²) >= 11 is 0. The molecule has 2 amide bonds. The van der Waals surface area contributed by atoms with Crippen LogP contribution < -0.4 is 10.6 Å². The third-order valence-corrected chi connectivity index (χ3v) is 3.61. The topological polar surface area (TPSA) is 78.4 Å². The van der Waals surface area contributed by atoms with E-state index in [0.717, 1.165) is 5.56 Å². The van der Waals surface area contributed by atoms with Gasteiger partial charge in [-0.2, -0.15) is 0 Å². The lowest BCUT2D eigenvalue weighted by Crippen LogP contribution is -2.39. The molecular formula is C19H22N2O3. The van der Waals surface area contributed by atoms with Gasteiger partial charge in [-0.1, -0.05) is 43.3 Å². The summed E-state index contributed by atoms with van der Waals surface area (Å²) < 4.78 is 0. The fourth-order valence-electron chi connectivity index (χ4n) is 2.32. The van der Waals surface area contributed by atoms with Gasteiger partial charge in [-0.05, 0) is 30.2 Å². The summed E-state index contributed by atoms with van der Waals surface area (Å²) in [7, 11) is 0. The van der Waals surface area contributed by atoms with Gasteiger partial charge in [-0.15, -0.1) is 0 Å². The van der Waals surface area contributed by atoms with Gasteiger partial charge >= 0.3 is 0 Å². The standard InChI is InChI=1S/C19H22N2O3/c1-2-18(23)20-16-10-6-9-15(12-16)19(24)21-17(13-22)11-14-7-4-3-5-8-14/h3-10,12,17,22H,2,11,13H2,1H3,(H,20,23)(H,21,24)/t17-/m1/s1. The molecule has 5 nitrogen and oxygen atoms in total. The van der Waals surface area contributed by atoms with E-state index in [1.807, 2.05) is 30.3 Å². The monoisotopic (exact) mass is 326 g/mol. The highest BCUT2D eigenvalue weighted by molar-refractivity contribution is 5.97. The second-order valence-corrected chi connectivity index (χ2v) is 5.53. The SMILES string of the molecule is CCC(=O)Nc1cccc(C(=O)N[C@@H](CO)Cc2ccccc2)c1. The quantitative estimate of drug-likeness (QED) is 0.731. The maximum atomic E-state index is 12.4. The number of hydrogen-bond acceptors (Lipinski definition) is 3. The van der Waals surface area contributed by atoms with Crippen molar-refractivity contribution in [2.75, 3.05) is 11.9 Å². The van der Waals surface area contributed by atoms with Crippen molar-refractivity contribution in [2.24, 2.45) is 0 Å². The molecule has 24 heavy (non-hydrogen) atoms. The molecule has 0 heterocycles. The van der Waals surface area contributed by atoms with Gasteiger partial charge in [0.05, 0.1) is 12.6 Å². The van der Waals surface area contributed by atoms with Crippen LogP contribution in [0, 0.1) is 0 Å². The molecule has 2 aromatic rings. The molecule has 0 aliphatic heterocycles. The van der Waals surface area contributed by atoms with Gasteiger partial charge in [0, 0.05) is 17.7 Å². The fraction of sp³-hybridized carbons (Fsp3) is 0.263. The molecule has 0 saturated carbocycles. The second-order valence-electron chi connectivity index (χ2n) is 5.53. The first kappa shape index (κ1) is 17.7. The van der Waals surface area contributed by atoms with Crippen LogP contribution >= 0.6 is 0 Å². The van der Waals surface area contributed by atoms with Crippen LogP contribution in [0.3, 0.4) is 0 Å². The zero-order valence-electron chi connectivity index (χ0n) is 13.7. The fourth-order valence-corrected chi connectivity index (χ4v) is 2.32. The maximum Gasteiger partial charge on any atom is 0.251 e. The van der Waals surface area contributed by atoms with Crippen molar-refractivity contribution in [3.05, 3.63) is 65.7 Å². The van der Waals surface area contributed by atoms with Crippen LogP contribution in [0.25, 0.3) is 0 Å². The lowest BCUT2D eigenvalue weighted by atomic mass is 10.1. The third kappa shape index (κ3) is 5.21. The molecule has 126 valence electrons. The van der Waals surface area contributed by atoms with Crippen LogP contribution in [0.15, 0.2) is 54.6 Å². The van der Waals surface area contributed by atoms with Crippen molar-refractivity contribution in [1.82, 2.24) is 5.32 Å². The maximum absolute atomic E-state index is 12.4. The van der Waals surface area contributed by atoms with Crippen molar-refractivity contribution >= 4 is 17.5 Å². The minimum atomic E-state index is -0.367. The Labute approximate surface area is 141 Å². The average molecular weight is 326 g/mol. The first-order chi connectivity index (χ1) is 11.6. The van der Waals surface area contributed by atoms with E-state index in [-0.39, 0.29) is 24.5 Å². The minimum Gasteiger partial charge on any atom is -0.394 e. The Morgan fingerprint density at radius 3 is 2.50 bits per heavy atom. The largest absolute Gasteiger partial charge is 0.394 e. The molecule has 0 fully saturated rings. The number of hydrogen-bond donors (Lipinski definition) is 3. The number of carbonyl (C=O) groups excluding carboxylic acids is 2. The molecule has 2 aromatic carbocycles. The number of rotatable bonds is 7. The number of carbonyl (C=O) groups is 2. The number of anilines is 1. The number of aliphatic hydroxyl groups is 1. The number of benzene rings is 2. The molecule has 2 rings (SSSR count). The van der Waals surface area contributed by atoms with Crippen molar-refractivity contribution < 1.29 is 14.7 Å². The average Bonchev–Trinajstić information content (AvgIpc) is 2.62. The van der Waals surface area contributed by atoms with Gasteiger partial charge in [0.25, 0.3) is 5.91 Å². The molecule has 5 heteroatoms. The third-order valence-electron chi connectivity index (χ3n) is 3.61. The van der Waals surface area contributed by atoms with Crippen LogP contribution in [0.5, 0.6) is 0 Å². The second kappa shape index (κ2) is 8.84. The van der Waals surface area contributed by atoms with Gasteiger partial charge in [-0.25, -0.2) is 0 Å². The van der Waals surface area contributed by atoms with Gasteiger partial charge in [0.1, 0.15) is 0 Å². The van der Waals surface area contributed by atoms with Gasteiger partial charge in [-0.3, -0.25) is 9.59 Å². The smallest absolute Gasteiger partial charge is 0.251 e. The molecule has 0 unspecified atom stereocenters. The first-order valence-corrected chi connectivity index (χ1v) is 7.98.